The minimum atomic E-state index is -0.960. The number of carbonyl (C=O) groups is 1. The lowest BCUT2D eigenvalue weighted by Crippen LogP contribution is -2.03. The fourth-order valence-electron chi connectivity index (χ4n) is 2.09. The monoisotopic (exact) mass is 283 g/mol. The Morgan fingerprint density at radius 3 is 2.90 bits per heavy atom. The molecule has 0 unspecified atom stereocenters. The van der Waals surface area contributed by atoms with Crippen LogP contribution in [0.3, 0.4) is 0 Å². The highest BCUT2D eigenvalue weighted by Crippen LogP contribution is 2.19. The van der Waals surface area contributed by atoms with Crippen LogP contribution in [0.1, 0.15) is 22.0 Å². The van der Waals surface area contributed by atoms with Gasteiger partial charge >= 0.3 is 5.97 Å². The lowest BCUT2D eigenvalue weighted by Gasteiger charge is -2.06. The Balaban J connectivity index is 1.86. The number of oxazole rings is 1. The lowest BCUT2D eigenvalue weighted by molar-refractivity contribution is 0.0699. The van der Waals surface area contributed by atoms with Gasteiger partial charge in [0.15, 0.2) is 0 Å². The molecular weight excluding hydrogens is 270 g/mol. The Hall–Kier alpha value is -2.89. The van der Waals surface area contributed by atoms with Crippen LogP contribution in [0.2, 0.25) is 0 Å². The second kappa shape index (κ2) is 5.24. The normalized spacial score (nSPS) is 10.7. The second-order valence-electron chi connectivity index (χ2n) is 4.59. The van der Waals surface area contributed by atoms with E-state index in [0.717, 1.165) is 5.76 Å². The minimum Gasteiger partial charge on any atom is -0.478 e. The molecule has 0 aliphatic carbocycles. The number of rotatable bonds is 4. The maximum atomic E-state index is 11.1. The Morgan fingerprint density at radius 1 is 1.33 bits per heavy atom. The highest BCUT2D eigenvalue weighted by molar-refractivity contribution is 6.02. The van der Waals surface area contributed by atoms with Gasteiger partial charge in [0.2, 0.25) is 5.89 Å². The van der Waals surface area contributed by atoms with Gasteiger partial charge in [0, 0.05) is 5.39 Å². The van der Waals surface area contributed by atoms with Crippen molar-refractivity contribution in [3.63, 3.8) is 0 Å². The number of benzene rings is 1. The number of anilines is 1. The van der Waals surface area contributed by atoms with Crippen molar-refractivity contribution >= 4 is 22.7 Å². The van der Waals surface area contributed by atoms with Crippen LogP contribution in [0.25, 0.3) is 10.9 Å². The average molecular weight is 283 g/mol. The molecule has 3 aromatic rings. The number of hydrogen-bond acceptors (Lipinski definition) is 5. The van der Waals surface area contributed by atoms with Gasteiger partial charge in [0.1, 0.15) is 11.6 Å². The zero-order valence-electron chi connectivity index (χ0n) is 11.3. The third kappa shape index (κ3) is 2.69. The second-order valence-corrected chi connectivity index (χ2v) is 4.59. The van der Waals surface area contributed by atoms with Crippen LogP contribution in [-0.2, 0) is 6.54 Å². The SMILES string of the molecule is Cc1cnc(CNc2ccc3c(C(=O)O)cccc3n2)o1. The van der Waals surface area contributed by atoms with Gasteiger partial charge in [-0.25, -0.2) is 14.8 Å². The molecular formula is C15H13N3O3. The van der Waals surface area contributed by atoms with Gasteiger partial charge < -0.3 is 14.8 Å². The van der Waals surface area contributed by atoms with Crippen LogP contribution in [0.4, 0.5) is 5.82 Å². The number of carboxylic acids is 1. The molecule has 0 saturated carbocycles. The molecule has 0 aliphatic heterocycles. The fourth-order valence-corrected chi connectivity index (χ4v) is 2.09. The summed E-state index contributed by atoms with van der Waals surface area (Å²) in [5.41, 5.74) is 0.873. The summed E-state index contributed by atoms with van der Waals surface area (Å²) in [6.45, 7) is 2.25. The molecule has 21 heavy (non-hydrogen) atoms. The highest BCUT2D eigenvalue weighted by Gasteiger charge is 2.09. The third-order valence-corrected chi connectivity index (χ3v) is 3.05. The topological polar surface area (TPSA) is 88.2 Å². The van der Waals surface area contributed by atoms with Crippen molar-refractivity contribution in [2.45, 2.75) is 13.5 Å². The largest absolute Gasteiger partial charge is 0.478 e. The molecule has 6 heteroatoms. The number of carboxylic acid groups (broad SMARTS) is 1. The van der Waals surface area contributed by atoms with E-state index in [1.54, 1.807) is 36.5 Å². The van der Waals surface area contributed by atoms with E-state index in [-0.39, 0.29) is 5.56 Å². The van der Waals surface area contributed by atoms with Crippen molar-refractivity contribution in [1.29, 1.82) is 0 Å². The quantitative estimate of drug-likeness (QED) is 0.765. The number of pyridine rings is 1. The Morgan fingerprint density at radius 2 is 2.19 bits per heavy atom. The van der Waals surface area contributed by atoms with Crippen molar-refractivity contribution in [2.24, 2.45) is 0 Å². The zero-order valence-corrected chi connectivity index (χ0v) is 11.3. The van der Waals surface area contributed by atoms with Gasteiger partial charge in [-0.2, -0.15) is 0 Å². The Kier molecular flexibility index (Phi) is 3.27. The number of fused-ring (bicyclic) bond motifs is 1. The number of aryl methyl sites for hydroxylation is 1. The molecule has 6 nitrogen and oxygen atoms in total. The number of aromatic nitrogens is 2. The molecule has 1 aromatic carbocycles. The molecule has 2 aromatic heterocycles. The summed E-state index contributed by atoms with van der Waals surface area (Å²) in [5, 5.41) is 12.9. The maximum absolute atomic E-state index is 11.1. The molecule has 0 amide bonds. The number of hydrogen-bond donors (Lipinski definition) is 2. The summed E-state index contributed by atoms with van der Waals surface area (Å²) in [6, 6.07) is 8.51. The van der Waals surface area contributed by atoms with Crippen LogP contribution in [0.5, 0.6) is 0 Å². The maximum Gasteiger partial charge on any atom is 0.336 e. The third-order valence-electron chi connectivity index (χ3n) is 3.05. The van der Waals surface area contributed by atoms with E-state index in [2.05, 4.69) is 15.3 Å². The first-order valence-corrected chi connectivity index (χ1v) is 6.42. The van der Waals surface area contributed by atoms with E-state index in [1.165, 1.54) is 0 Å². The molecule has 0 radical (unpaired) electrons. The van der Waals surface area contributed by atoms with Crippen LogP contribution < -0.4 is 5.32 Å². The first kappa shape index (κ1) is 13.1. The van der Waals surface area contributed by atoms with Crippen molar-refractivity contribution in [1.82, 2.24) is 9.97 Å². The van der Waals surface area contributed by atoms with E-state index < -0.39 is 5.97 Å². The number of aromatic carboxylic acids is 1. The van der Waals surface area contributed by atoms with Crippen molar-refractivity contribution < 1.29 is 14.3 Å². The summed E-state index contributed by atoms with van der Waals surface area (Å²) in [6.07, 6.45) is 1.66. The van der Waals surface area contributed by atoms with Gasteiger partial charge in [-0.05, 0) is 31.2 Å². The van der Waals surface area contributed by atoms with Crippen LogP contribution in [0.15, 0.2) is 40.9 Å². The fraction of sp³-hybridized carbons (Fsp3) is 0.133. The average Bonchev–Trinajstić information content (AvgIpc) is 2.89. The highest BCUT2D eigenvalue weighted by atomic mass is 16.4. The molecule has 0 aliphatic rings. The Labute approximate surface area is 120 Å². The molecule has 0 spiro atoms. The van der Waals surface area contributed by atoms with E-state index in [9.17, 15) is 4.79 Å². The van der Waals surface area contributed by atoms with Crippen LogP contribution in [0, 0.1) is 6.92 Å². The molecule has 2 heterocycles. The first-order chi connectivity index (χ1) is 10.1. The van der Waals surface area contributed by atoms with Crippen LogP contribution in [-0.4, -0.2) is 21.0 Å². The van der Waals surface area contributed by atoms with Crippen molar-refractivity contribution in [3.05, 3.63) is 53.7 Å². The summed E-state index contributed by atoms with van der Waals surface area (Å²) in [7, 11) is 0. The molecule has 0 bridgehead atoms. The summed E-state index contributed by atoms with van der Waals surface area (Å²) >= 11 is 0. The molecule has 106 valence electrons. The van der Waals surface area contributed by atoms with E-state index in [0.29, 0.717) is 29.2 Å². The van der Waals surface area contributed by atoms with Crippen molar-refractivity contribution in [3.8, 4) is 0 Å². The van der Waals surface area contributed by atoms with E-state index >= 15 is 0 Å². The predicted molar refractivity (Wildman–Crippen MR) is 77.3 cm³/mol. The number of nitrogens with one attached hydrogen (secondary N) is 1. The van der Waals surface area contributed by atoms with Gasteiger partial charge in [0.05, 0.1) is 23.8 Å². The minimum absolute atomic E-state index is 0.245. The number of nitrogens with zero attached hydrogens (tertiary/aromatic N) is 2. The lowest BCUT2D eigenvalue weighted by atomic mass is 10.1. The van der Waals surface area contributed by atoms with E-state index in [1.807, 2.05) is 6.92 Å². The standard InChI is InChI=1S/C15H13N3O3/c1-9-7-17-14(21-9)8-16-13-6-5-10-11(15(19)20)3-2-4-12(10)18-13/h2-7H,8H2,1H3,(H,16,18)(H,19,20). The van der Waals surface area contributed by atoms with Gasteiger partial charge in [-0.15, -0.1) is 0 Å². The van der Waals surface area contributed by atoms with Crippen molar-refractivity contribution in [2.75, 3.05) is 5.32 Å². The molecule has 0 saturated heterocycles. The predicted octanol–water partition coefficient (Wildman–Crippen LogP) is 2.84. The smallest absolute Gasteiger partial charge is 0.336 e. The molecule has 2 N–H and O–H groups in total. The summed E-state index contributed by atoms with van der Waals surface area (Å²) < 4.78 is 5.36. The molecule has 3 rings (SSSR count). The first-order valence-electron chi connectivity index (χ1n) is 6.42. The van der Waals surface area contributed by atoms with Crippen LogP contribution >= 0.6 is 0 Å². The van der Waals surface area contributed by atoms with Gasteiger partial charge in [-0.3, -0.25) is 0 Å². The summed E-state index contributed by atoms with van der Waals surface area (Å²) in [4.78, 5) is 19.6. The van der Waals surface area contributed by atoms with Gasteiger partial charge in [-0.1, -0.05) is 6.07 Å². The van der Waals surface area contributed by atoms with E-state index in [4.69, 9.17) is 9.52 Å². The zero-order chi connectivity index (χ0) is 14.8. The molecule has 0 atom stereocenters. The molecule has 0 fully saturated rings. The van der Waals surface area contributed by atoms with Gasteiger partial charge in [0.25, 0.3) is 0 Å². The summed E-state index contributed by atoms with van der Waals surface area (Å²) in [5.74, 6) is 1.01. The Bertz CT molecular complexity index is 811.